The molecule has 0 radical (unpaired) electrons. The molecule has 0 bridgehead atoms. The van der Waals surface area contributed by atoms with Gasteiger partial charge in [-0.3, -0.25) is 0 Å². The Labute approximate surface area is 123 Å². The third-order valence-corrected chi connectivity index (χ3v) is 4.17. The predicted octanol–water partition coefficient (Wildman–Crippen LogP) is 3.52. The minimum Gasteiger partial charge on any atom is -0.497 e. The maximum atomic E-state index is 6.05. The van der Waals surface area contributed by atoms with Crippen LogP contribution in [-0.2, 0) is 10.6 Å². The van der Waals surface area contributed by atoms with E-state index in [0.29, 0.717) is 18.0 Å². The fraction of sp³-hybridized carbons (Fsp3) is 0.533. The molecule has 0 unspecified atom stereocenters. The minimum atomic E-state index is 0.379. The highest BCUT2D eigenvalue weighted by atomic mass is 35.5. The van der Waals surface area contributed by atoms with E-state index in [9.17, 15) is 0 Å². The molecule has 0 amide bonds. The summed E-state index contributed by atoms with van der Waals surface area (Å²) in [4.78, 5) is 4.62. The molecule has 1 aromatic carbocycles. The van der Waals surface area contributed by atoms with E-state index in [2.05, 4.69) is 15.6 Å². The van der Waals surface area contributed by atoms with E-state index in [1.54, 1.807) is 7.11 Å². The summed E-state index contributed by atoms with van der Waals surface area (Å²) < 4.78 is 13.2. The van der Waals surface area contributed by atoms with Crippen LogP contribution in [-0.4, -0.2) is 29.4 Å². The molecule has 1 aromatic heterocycles. The predicted molar refractivity (Wildman–Crippen MR) is 79.5 cm³/mol. The smallest absolute Gasteiger partial charge is 0.125 e. The number of methoxy groups -OCH3 is 1. The van der Waals surface area contributed by atoms with Crippen LogP contribution in [0.25, 0.3) is 11.0 Å². The van der Waals surface area contributed by atoms with Gasteiger partial charge in [0.15, 0.2) is 0 Å². The molecule has 1 fully saturated rings. The fourth-order valence-corrected chi connectivity index (χ4v) is 3.07. The SMILES string of the molecule is CCOC1CC(n2c(CCl)nc3cc(OC)ccc32)C1. The van der Waals surface area contributed by atoms with Gasteiger partial charge in [0, 0.05) is 18.7 Å². The summed E-state index contributed by atoms with van der Waals surface area (Å²) in [6.45, 7) is 2.82. The standard InChI is InChI=1S/C15H19ClN2O2/c1-3-20-12-6-10(7-12)18-14-5-4-11(19-2)8-13(14)17-15(18)9-16/h4-5,8,10,12H,3,6-7,9H2,1-2H3. The van der Waals surface area contributed by atoms with Crippen molar-refractivity contribution in [1.82, 2.24) is 9.55 Å². The number of nitrogens with zero attached hydrogens (tertiary/aromatic N) is 2. The molecule has 5 heteroatoms. The molecule has 2 aromatic rings. The summed E-state index contributed by atoms with van der Waals surface area (Å²) in [6.07, 6.45) is 2.45. The summed E-state index contributed by atoms with van der Waals surface area (Å²) in [7, 11) is 1.67. The van der Waals surface area contributed by atoms with Gasteiger partial charge in [-0.05, 0) is 31.9 Å². The summed E-state index contributed by atoms with van der Waals surface area (Å²) in [5, 5.41) is 0. The molecule has 20 heavy (non-hydrogen) atoms. The maximum absolute atomic E-state index is 6.05. The van der Waals surface area contributed by atoms with Crippen LogP contribution in [0.15, 0.2) is 18.2 Å². The third kappa shape index (κ3) is 2.27. The second-order valence-electron chi connectivity index (χ2n) is 5.09. The van der Waals surface area contributed by atoms with Gasteiger partial charge in [-0.15, -0.1) is 11.6 Å². The van der Waals surface area contributed by atoms with Gasteiger partial charge in [-0.25, -0.2) is 4.98 Å². The highest BCUT2D eigenvalue weighted by molar-refractivity contribution is 6.16. The number of rotatable bonds is 5. The molecule has 1 heterocycles. The molecular weight excluding hydrogens is 276 g/mol. The van der Waals surface area contributed by atoms with Crippen molar-refractivity contribution in [2.75, 3.05) is 13.7 Å². The van der Waals surface area contributed by atoms with Crippen LogP contribution in [0.2, 0.25) is 0 Å². The zero-order valence-electron chi connectivity index (χ0n) is 11.8. The third-order valence-electron chi connectivity index (χ3n) is 3.93. The highest BCUT2D eigenvalue weighted by Crippen LogP contribution is 2.38. The van der Waals surface area contributed by atoms with Gasteiger partial charge in [-0.2, -0.15) is 0 Å². The first-order chi connectivity index (χ1) is 9.76. The molecule has 0 N–H and O–H groups in total. The Morgan fingerprint density at radius 2 is 2.20 bits per heavy atom. The average molecular weight is 295 g/mol. The number of fused-ring (bicyclic) bond motifs is 1. The van der Waals surface area contributed by atoms with Crippen LogP contribution in [0.5, 0.6) is 5.75 Å². The number of halogens is 1. The minimum absolute atomic E-state index is 0.379. The molecule has 0 spiro atoms. The first-order valence-electron chi connectivity index (χ1n) is 6.99. The zero-order chi connectivity index (χ0) is 14.1. The largest absolute Gasteiger partial charge is 0.497 e. The second-order valence-corrected chi connectivity index (χ2v) is 5.36. The van der Waals surface area contributed by atoms with Crippen molar-refractivity contribution in [1.29, 1.82) is 0 Å². The number of hydrogen-bond donors (Lipinski definition) is 0. The molecule has 1 aliphatic rings. The van der Waals surface area contributed by atoms with Crippen LogP contribution >= 0.6 is 11.6 Å². The Morgan fingerprint density at radius 3 is 2.85 bits per heavy atom. The van der Waals surface area contributed by atoms with E-state index in [4.69, 9.17) is 21.1 Å². The number of aromatic nitrogens is 2. The Bertz CT molecular complexity index is 605. The fourth-order valence-electron chi connectivity index (χ4n) is 2.88. The first-order valence-corrected chi connectivity index (χ1v) is 7.52. The van der Waals surface area contributed by atoms with Gasteiger partial charge in [-0.1, -0.05) is 0 Å². The summed E-state index contributed by atoms with van der Waals surface area (Å²) >= 11 is 6.05. The van der Waals surface area contributed by atoms with Gasteiger partial charge >= 0.3 is 0 Å². The van der Waals surface area contributed by atoms with E-state index in [1.165, 1.54) is 0 Å². The van der Waals surface area contributed by atoms with Crippen molar-refractivity contribution in [3.8, 4) is 5.75 Å². The zero-order valence-corrected chi connectivity index (χ0v) is 12.6. The van der Waals surface area contributed by atoms with Gasteiger partial charge in [0.25, 0.3) is 0 Å². The van der Waals surface area contributed by atoms with E-state index < -0.39 is 0 Å². The molecule has 0 saturated heterocycles. The number of imidazole rings is 1. The Hall–Kier alpha value is -1.26. The number of hydrogen-bond acceptors (Lipinski definition) is 3. The van der Waals surface area contributed by atoms with Crippen molar-refractivity contribution in [3.63, 3.8) is 0 Å². The molecule has 4 nitrogen and oxygen atoms in total. The first kappa shape index (κ1) is 13.7. The number of benzene rings is 1. The van der Waals surface area contributed by atoms with Gasteiger partial charge < -0.3 is 14.0 Å². The average Bonchev–Trinajstić information content (AvgIpc) is 2.79. The van der Waals surface area contributed by atoms with Crippen molar-refractivity contribution in [2.24, 2.45) is 0 Å². The van der Waals surface area contributed by atoms with E-state index in [1.807, 2.05) is 19.1 Å². The Balaban J connectivity index is 1.93. The van der Waals surface area contributed by atoms with Gasteiger partial charge in [0.05, 0.1) is 30.1 Å². The van der Waals surface area contributed by atoms with Crippen LogP contribution < -0.4 is 4.74 Å². The van der Waals surface area contributed by atoms with E-state index in [0.717, 1.165) is 42.1 Å². The van der Waals surface area contributed by atoms with Gasteiger partial charge in [0.1, 0.15) is 11.6 Å². The van der Waals surface area contributed by atoms with Gasteiger partial charge in [0.2, 0.25) is 0 Å². The van der Waals surface area contributed by atoms with E-state index >= 15 is 0 Å². The molecule has 1 aliphatic carbocycles. The molecule has 108 valence electrons. The lowest BCUT2D eigenvalue weighted by molar-refractivity contribution is -0.0192. The Morgan fingerprint density at radius 1 is 1.40 bits per heavy atom. The van der Waals surface area contributed by atoms with Crippen LogP contribution in [0.1, 0.15) is 31.6 Å². The molecule has 3 rings (SSSR count). The molecule has 0 atom stereocenters. The lowest BCUT2D eigenvalue weighted by Crippen LogP contribution is -2.34. The normalized spacial score (nSPS) is 21.9. The van der Waals surface area contributed by atoms with Crippen molar-refractivity contribution in [3.05, 3.63) is 24.0 Å². The molecule has 1 saturated carbocycles. The van der Waals surface area contributed by atoms with Crippen molar-refractivity contribution in [2.45, 2.75) is 37.8 Å². The topological polar surface area (TPSA) is 36.3 Å². The van der Waals surface area contributed by atoms with Crippen LogP contribution in [0.3, 0.4) is 0 Å². The Kier molecular flexibility index (Phi) is 3.85. The number of ether oxygens (including phenoxy) is 2. The van der Waals surface area contributed by atoms with Crippen LogP contribution in [0.4, 0.5) is 0 Å². The molecule has 0 aliphatic heterocycles. The highest BCUT2D eigenvalue weighted by Gasteiger charge is 2.33. The van der Waals surface area contributed by atoms with Crippen molar-refractivity contribution >= 4 is 22.6 Å². The monoisotopic (exact) mass is 294 g/mol. The second kappa shape index (κ2) is 5.62. The number of alkyl halides is 1. The maximum Gasteiger partial charge on any atom is 0.125 e. The lowest BCUT2D eigenvalue weighted by atomic mass is 9.88. The lowest BCUT2D eigenvalue weighted by Gasteiger charge is -2.36. The quantitative estimate of drug-likeness (QED) is 0.792. The summed E-state index contributed by atoms with van der Waals surface area (Å²) in [5.41, 5.74) is 2.07. The van der Waals surface area contributed by atoms with Crippen LogP contribution in [0, 0.1) is 0 Å². The summed E-state index contributed by atoms with van der Waals surface area (Å²) in [5.74, 6) is 2.17. The summed E-state index contributed by atoms with van der Waals surface area (Å²) in [6, 6.07) is 6.43. The van der Waals surface area contributed by atoms with E-state index in [-0.39, 0.29) is 0 Å². The van der Waals surface area contributed by atoms with Crippen molar-refractivity contribution < 1.29 is 9.47 Å². The molecular formula is C15H19ClN2O2.